The van der Waals surface area contributed by atoms with Gasteiger partial charge in [0, 0.05) is 25.8 Å². The highest BCUT2D eigenvalue weighted by Gasteiger charge is 2.49. The van der Waals surface area contributed by atoms with E-state index in [1.54, 1.807) is 7.11 Å². The van der Waals surface area contributed by atoms with Crippen LogP contribution in [0.15, 0.2) is 30.3 Å². The molecule has 0 aliphatic carbocycles. The number of fused-ring (bicyclic) bond motifs is 2. The first kappa shape index (κ1) is 17.2. The SMILES string of the molecule is COCCCC1(O)CC2CCC(C1)N2C(=O)OCc1ccccc1. The van der Waals surface area contributed by atoms with Crippen LogP contribution >= 0.6 is 0 Å². The number of ether oxygens (including phenoxy) is 2. The number of nitrogens with zero attached hydrogens (tertiary/aromatic N) is 1. The van der Waals surface area contributed by atoms with Crippen LogP contribution < -0.4 is 0 Å². The molecule has 5 heteroatoms. The Labute approximate surface area is 143 Å². The Morgan fingerprint density at radius 2 is 1.92 bits per heavy atom. The summed E-state index contributed by atoms with van der Waals surface area (Å²) < 4.78 is 10.6. The molecule has 2 bridgehead atoms. The molecule has 1 aromatic rings. The first-order valence-corrected chi connectivity index (χ1v) is 8.82. The maximum Gasteiger partial charge on any atom is 0.410 e. The van der Waals surface area contributed by atoms with Gasteiger partial charge in [-0.15, -0.1) is 0 Å². The Morgan fingerprint density at radius 1 is 1.25 bits per heavy atom. The molecule has 1 amide bonds. The molecule has 0 spiro atoms. The highest BCUT2D eigenvalue weighted by molar-refractivity contribution is 5.69. The van der Waals surface area contributed by atoms with Gasteiger partial charge < -0.3 is 19.5 Å². The van der Waals surface area contributed by atoms with Crippen molar-refractivity contribution in [3.05, 3.63) is 35.9 Å². The fourth-order valence-corrected chi connectivity index (χ4v) is 4.16. The average Bonchev–Trinajstić information content (AvgIpc) is 2.86. The van der Waals surface area contributed by atoms with Crippen LogP contribution in [-0.2, 0) is 16.1 Å². The second kappa shape index (κ2) is 7.53. The summed E-state index contributed by atoms with van der Waals surface area (Å²) in [5.41, 5.74) is 0.326. The third-order valence-corrected chi connectivity index (χ3v) is 5.26. The minimum absolute atomic E-state index is 0.0968. The van der Waals surface area contributed by atoms with Gasteiger partial charge >= 0.3 is 6.09 Å². The molecule has 0 radical (unpaired) electrons. The minimum atomic E-state index is -0.666. The fraction of sp³-hybridized carbons (Fsp3) is 0.632. The Bertz CT molecular complexity index is 534. The summed E-state index contributed by atoms with van der Waals surface area (Å²) in [5.74, 6) is 0. The predicted octanol–water partition coefficient (Wildman–Crippen LogP) is 3.11. The van der Waals surface area contributed by atoms with Crippen molar-refractivity contribution in [3.63, 3.8) is 0 Å². The molecule has 2 atom stereocenters. The lowest BCUT2D eigenvalue weighted by molar-refractivity contribution is -0.0575. The summed E-state index contributed by atoms with van der Waals surface area (Å²) in [7, 11) is 1.68. The smallest absolute Gasteiger partial charge is 0.410 e. The van der Waals surface area contributed by atoms with E-state index in [0.717, 1.165) is 31.2 Å². The molecule has 3 rings (SSSR count). The number of methoxy groups -OCH3 is 1. The lowest BCUT2D eigenvalue weighted by atomic mass is 9.83. The number of aliphatic hydroxyl groups is 1. The molecule has 2 unspecified atom stereocenters. The lowest BCUT2D eigenvalue weighted by Gasteiger charge is -2.43. The van der Waals surface area contributed by atoms with Crippen molar-refractivity contribution in [2.24, 2.45) is 0 Å². The summed E-state index contributed by atoms with van der Waals surface area (Å²) in [4.78, 5) is 14.4. The summed E-state index contributed by atoms with van der Waals surface area (Å²) >= 11 is 0. The molecule has 2 aliphatic heterocycles. The van der Waals surface area contributed by atoms with E-state index in [2.05, 4.69) is 0 Å². The van der Waals surface area contributed by atoms with Crippen LogP contribution in [0.4, 0.5) is 4.79 Å². The van der Waals surface area contributed by atoms with Crippen LogP contribution in [0.25, 0.3) is 0 Å². The molecule has 0 aromatic heterocycles. The van der Waals surface area contributed by atoms with Gasteiger partial charge in [-0.1, -0.05) is 30.3 Å². The molecule has 0 saturated carbocycles. The van der Waals surface area contributed by atoms with Crippen molar-refractivity contribution >= 4 is 6.09 Å². The van der Waals surface area contributed by atoms with Crippen molar-refractivity contribution in [3.8, 4) is 0 Å². The number of piperidine rings is 1. The van der Waals surface area contributed by atoms with Crippen LogP contribution in [0.2, 0.25) is 0 Å². The van der Waals surface area contributed by atoms with Gasteiger partial charge in [0.2, 0.25) is 0 Å². The summed E-state index contributed by atoms with van der Waals surface area (Å²) in [6.07, 6.45) is 4.55. The second-order valence-electron chi connectivity index (χ2n) is 7.06. The predicted molar refractivity (Wildman–Crippen MR) is 90.6 cm³/mol. The maximum absolute atomic E-state index is 12.5. The van der Waals surface area contributed by atoms with Crippen molar-refractivity contribution in [2.75, 3.05) is 13.7 Å². The van der Waals surface area contributed by atoms with E-state index in [-0.39, 0.29) is 18.2 Å². The first-order valence-electron chi connectivity index (χ1n) is 8.82. The van der Waals surface area contributed by atoms with E-state index in [1.165, 1.54) is 0 Å². The van der Waals surface area contributed by atoms with Gasteiger partial charge in [0.1, 0.15) is 6.61 Å². The van der Waals surface area contributed by atoms with Crippen molar-refractivity contribution in [1.29, 1.82) is 0 Å². The molecular formula is C19H27NO4. The highest BCUT2D eigenvalue weighted by atomic mass is 16.6. The van der Waals surface area contributed by atoms with E-state index in [1.807, 2.05) is 35.2 Å². The zero-order valence-corrected chi connectivity index (χ0v) is 14.3. The molecule has 1 N–H and O–H groups in total. The molecule has 1 aromatic carbocycles. The molecule has 132 valence electrons. The number of hydrogen-bond acceptors (Lipinski definition) is 4. The van der Waals surface area contributed by atoms with Crippen molar-refractivity contribution in [1.82, 2.24) is 4.90 Å². The number of rotatable bonds is 6. The summed E-state index contributed by atoms with van der Waals surface area (Å²) in [6.45, 7) is 0.966. The van der Waals surface area contributed by atoms with E-state index in [9.17, 15) is 9.90 Å². The van der Waals surface area contributed by atoms with Crippen LogP contribution in [0.5, 0.6) is 0 Å². The minimum Gasteiger partial charge on any atom is -0.445 e. The van der Waals surface area contributed by atoms with Crippen molar-refractivity contribution in [2.45, 2.75) is 62.8 Å². The third kappa shape index (κ3) is 3.90. The third-order valence-electron chi connectivity index (χ3n) is 5.26. The zero-order chi connectivity index (χ0) is 17.0. The van der Waals surface area contributed by atoms with Crippen LogP contribution in [-0.4, -0.2) is 47.5 Å². The normalized spacial score (nSPS) is 28.8. The zero-order valence-electron chi connectivity index (χ0n) is 14.3. The maximum atomic E-state index is 12.5. The molecular weight excluding hydrogens is 306 g/mol. The number of benzene rings is 1. The molecule has 24 heavy (non-hydrogen) atoms. The summed E-state index contributed by atoms with van der Waals surface area (Å²) in [6, 6.07) is 9.92. The van der Waals surface area contributed by atoms with Gasteiger partial charge in [0.15, 0.2) is 0 Å². The Morgan fingerprint density at radius 3 is 2.54 bits per heavy atom. The van der Waals surface area contributed by atoms with Gasteiger partial charge in [-0.25, -0.2) is 4.79 Å². The number of carbonyl (C=O) groups excluding carboxylic acids is 1. The van der Waals surface area contributed by atoms with Gasteiger partial charge in [0.05, 0.1) is 5.60 Å². The van der Waals surface area contributed by atoms with Crippen LogP contribution in [0, 0.1) is 0 Å². The van der Waals surface area contributed by atoms with Gasteiger partial charge in [-0.3, -0.25) is 0 Å². The monoisotopic (exact) mass is 333 g/mol. The number of hydrogen-bond donors (Lipinski definition) is 1. The Balaban J connectivity index is 1.55. The Hall–Kier alpha value is -1.59. The largest absolute Gasteiger partial charge is 0.445 e. The van der Waals surface area contributed by atoms with Gasteiger partial charge in [-0.2, -0.15) is 0 Å². The highest BCUT2D eigenvalue weighted by Crippen LogP contribution is 2.43. The first-order chi connectivity index (χ1) is 11.6. The average molecular weight is 333 g/mol. The molecule has 5 nitrogen and oxygen atoms in total. The van der Waals surface area contributed by atoms with Gasteiger partial charge in [-0.05, 0) is 44.1 Å². The van der Waals surface area contributed by atoms with Crippen LogP contribution in [0.3, 0.4) is 0 Å². The molecule has 2 aliphatic rings. The van der Waals surface area contributed by atoms with E-state index in [0.29, 0.717) is 26.1 Å². The Kier molecular flexibility index (Phi) is 5.41. The fourth-order valence-electron chi connectivity index (χ4n) is 4.16. The second-order valence-corrected chi connectivity index (χ2v) is 7.06. The quantitative estimate of drug-likeness (QED) is 0.813. The van der Waals surface area contributed by atoms with E-state index >= 15 is 0 Å². The van der Waals surface area contributed by atoms with E-state index < -0.39 is 5.60 Å². The van der Waals surface area contributed by atoms with E-state index in [4.69, 9.17) is 9.47 Å². The molecule has 2 heterocycles. The van der Waals surface area contributed by atoms with Crippen molar-refractivity contribution < 1.29 is 19.4 Å². The molecule has 2 fully saturated rings. The van der Waals surface area contributed by atoms with Crippen LogP contribution in [0.1, 0.15) is 44.1 Å². The number of carbonyl (C=O) groups is 1. The lowest BCUT2D eigenvalue weighted by Crippen LogP contribution is -2.53. The topological polar surface area (TPSA) is 59.0 Å². The molecule has 2 saturated heterocycles. The van der Waals surface area contributed by atoms with Gasteiger partial charge in [0.25, 0.3) is 0 Å². The number of amides is 1. The summed E-state index contributed by atoms with van der Waals surface area (Å²) in [5, 5.41) is 10.9. The standard InChI is InChI=1S/C19H27NO4/c1-23-11-5-10-19(22)12-16-8-9-17(13-19)20(16)18(21)24-14-15-6-3-2-4-7-15/h2-4,6-7,16-17,22H,5,8-14H2,1H3.